The minimum Gasteiger partial charge on any atom is -0.497 e. The van der Waals surface area contributed by atoms with Gasteiger partial charge in [0, 0.05) is 11.0 Å². The van der Waals surface area contributed by atoms with Crippen molar-refractivity contribution in [1.82, 2.24) is 0 Å². The second kappa shape index (κ2) is 11.2. The number of hydrogen-bond donors (Lipinski definition) is 1. The maximum absolute atomic E-state index is 15.0. The second-order valence-electron chi connectivity index (χ2n) is 11.5. The summed E-state index contributed by atoms with van der Waals surface area (Å²) < 4.78 is 26.7. The number of hydrogen-bond acceptors (Lipinski definition) is 3. The quantitative estimate of drug-likeness (QED) is 0.292. The zero-order valence-electron chi connectivity index (χ0n) is 23.1. The van der Waals surface area contributed by atoms with Gasteiger partial charge >= 0.3 is 5.97 Å². The van der Waals surface area contributed by atoms with Crippen LogP contribution in [0.3, 0.4) is 0 Å². The van der Waals surface area contributed by atoms with Gasteiger partial charge in [0.15, 0.2) is 0 Å². The number of aliphatic carboxylic acids is 1. The largest absolute Gasteiger partial charge is 0.497 e. The molecule has 3 aromatic rings. The molecule has 0 amide bonds. The third kappa shape index (κ3) is 5.87. The van der Waals surface area contributed by atoms with Crippen molar-refractivity contribution in [2.75, 3.05) is 7.11 Å². The zero-order valence-corrected chi connectivity index (χ0v) is 23.1. The van der Waals surface area contributed by atoms with Crippen LogP contribution in [0.2, 0.25) is 0 Å². The number of methoxy groups -OCH3 is 1. The lowest BCUT2D eigenvalue weighted by molar-refractivity contribution is -0.138. The van der Waals surface area contributed by atoms with Crippen LogP contribution in [0.1, 0.15) is 82.4 Å². The van der Waals surface area contributed by atoms with E-state index < -0.39 is 11.4 Å². The molecule has 0 bridgehead atoms. The molecule has 4 rings (SSSR count). The van der Waals surface area contributed by atoms with Crippen molar-refractivity contribution >= 4 is 5.97 Å². The molecule has 0 aromatic heterocycles. The second-order valence-corrected chi connectivity index (χ2v) is 11.5. The summed E-state index contributed by atoms with van der Waals surface area (Å²) in [5, 5.41) is 9.40. The normalized spacial score (nSPS) is 18.1. The maximum Gasteiger partial charge on any atom is 0.304 e. The predicted molar refractivity (Wildman–Crippen MR) is 149 cm³/mol. The van der Waals surface area contributed by atoms with E-state index in [0.717, 1.165) is 41.5 Å². The SMILES string of the molecule is CCC(C)(CC(=O)O)c1cccc(OCc2ccc(-c3cc(OC)ccc3F)c([C@@H]3CCCC3(C)C)c2)c1. The Labute approximate surface area is 225 Å². The van der Waals surface area contributed by atoms with Gasteiger partial charge in [-0.3, -0.25) is 4.79 Å². The highest BCUT2D eigenvalue weighted by molar-refractivity contribution is 5.71. The smallest absolute Gasteiger partial charge is 0.304 e. The van der Waals surface area contributed by atoms with E-state index in [4.69, 9.17) is 9.47 Å². The van der Waals surface area contributed by atoms with Gasteiger partial charge in [-0.25, -0.2) is 4.39 Å². The molecule has 1 fully saturated rings. The number of carboxylic acids is 1. The molecule has 5 heteroatoms. The van der Waals surface area contributed by atoms with E-state index in [2.05, 4.69) is 19.9 Å². The van der Waals surface area contributed by atoms with Crippen LogP contribution in [0.5, 0.6) is 11.5 Å². The molecule has 1 unspecified atom stereocenters. The van der Waals surface area contributed by atoms with Crippen LogP contribution in [0.4, 0.5) is 4.39 Å². The molecule has 1 saturated carbocycles. The van der Waals surface area contributed by atoms with E-state index in [0.29, 0.717) is 36.0 Å². The van der Waals surface area contributed by atoms with Crippen molar-refractivity contribution in [3.05, 3.63) is 83.2 Å². The Kier molecular flexibility index (Phi) is 8.15. The van der Waals surface area contributed by atoms with E-state index in [1.807, 2.05) is 50.2 Å². The van der Waals surface area contributed by atoms with Gasteiger partial charge in [0.05, 0.1) is 13.5 Å². The summed E-state index contributed by atoms with van der Waals surface area (Å²) in [4.78, 5) is 11.5. The summed E-state index contributed by atoms with van der Waals surface area (Å²) in [6.07, 6.45) is 4.13. The average Bonchev–Trinajstić information content (AvgIpc) is 3.26. The van der Waals surface area contributed by atoms with Crippen LogP contribution in [-0.4, -0.2) is 18.2 Å². The van der Waals surface area contributed by atoms with Gasteiger partial charge in [-0.05, 0) is 83.2 Å². The molecule has 38 heavy (non-hydrogen) atoms. The highest BCUT2D eigenvalue weighted by Crippen LogP contribution is 2.51. The Bertz CT molecular complexity index is 1300. The number of carboxylic acid groups (broad SMARTS) is 1. The number of carbonyl (C=O) groups is 1. The third-order valence-corrected chi connectivity index (χ3v) is 8.47. The maximum atomic E-state index is 15.0. The van der Waals surface area contributed by atoms with E-state index in [1.165, 1.54) is 6.07 Å². The molecule has 0 heterocycles. The molecule has 2 atom stereocenters. The van der Waals surface area contributed by atoms with Crippen LogP contribution in [0, 0.1) is 11.2 Å². The fourth-order valence-corrected chi connectivity index (χ4v) is 5.87. The van der Waals surface area contributed by atoms with Crippen molar-refractivity contribution < 1.29 is 23.8 Å². The van der Waals surface area contributed by atoms with Gasteiger partial charge < -0.3 is 14.6 Å². The Morgan fingerprint density at radius 3 is 2.53 bits per heavy atom. The Morgan fingerprint density at radius 1 is 1.08 bits per heavy atom. The predicted octanol–water partition coefficient (Wildman–Crippen LogP) is 8.52. The number of rotatable bonds is 10. The molecule has 0 aliphatic heterocycles. The molecule has 0 spiro atoms. The van der Waals surface area contributed by atoms with Crippen molar-refractivity contribution in [3.63, 3.8) is 0 Å². The molecule has 3 aromatic carbocycles. The molecule has 0 radical (unpaired) electrons. The summed E-state index contributed by atoms with van der Waals surface area (Å²) in [5.41, 5.74) is 4.23. The Morgan fingerprint density at radius 2 is 1.87 bits per heavy atom. The summed E-state index contributed by atoms with van der Waals surface area (Å²) in [7, 11) is 1.60. The standard InChI is InChI=1S/C33H39FO4/c1-6-33(4,20-31(35)36)23-9-7-10-25(18-23)38-21-22-12-14-26(28-19-24(37-5)13-15-30(28)34)27(17-22)29-11-8-16-32(29,2)3/h7,9-10,12-15,17-19,29H,6,8,11,16,20-21H2,1-5H3,(H,35,36)/t29-,33?/m0/s1. The summed E-state index contributed by atoms with van der Waals surface area (Å²) in [6.45, 7) is 8.95. The highest BCUT2D eigenvalue weighted by atomic mass is 19.1. The lowest BCUT2D eigenvalue weighted by Crippen LogP contribution is -2.24. The van der Waals surface area contributed by atoms with Crippen LogP contribution in [0.15, 0.2) is 60.7 Å². The van der Waals surface area contributed by atoms with E-state index in [-0.39, 0.29) is 17.7 Å². The molecule has 1 N–H and O–H groups in total. The monoisotopic (exact) mass is 518 g/mol. The van der Waals surface area contributed by atoms with E-state index in [1.54, 1.807) is 19.2 Å². The van der Waals surface area contributed by atoms with Crippen LogP contribution >= 0.6 is 0 Å². The van der Waals surface area contributed by atoms with Gasteiger partial charge in [0.25, 0.3) is 0 Å². The molecule has 4 nitrogen and oxygen atoms in total. The first-order valence-corrected chi connectivity index (χ1v) is 13.5. The first kappa shape index (κ1) is 27.7. The Balaban J connectivity index is 1.66. The highest BCUT2D eigenvalue weighted by Gasteiger charge is 2.37. The van der Waals surface area contributed by atoms with Crippen molar-refractivity contribution in [1.29, 1.82) is 0 Å². The van der Waals surface area contributed by atoms with E-state index in [9.17, 15) is 9.90 Å². The fourth-order valence-electron chi connectivity index (χ4n) is 5.87. The van der Waals surface area contributed by atoms with E-state index >= 15 is 4.39 Å². The topological polar surface area (TPSA) is 55.8 Å². The van der Waals surface area contributed by atoms with Crippen LogP contribution < -0.4 is 9.47 Å². The fraction of sp³-hybridized carbons (Fsp3) is 0.424. The summed E-state index contributed by atoms with van der Waals surface area (Å²) in [5.74, 6) is 0.581. The van der Waals surface area contributed by atoms with Crippen molar-refractivity contribution in [2.24, 2.45) is 5.41 Å². The zero-order chi connectivity index (χ0) is 27.5. The van der Waals surface area contributed by atoms with Crippen LogP contribution in [0.25, 0.3) is 11.1 Å². The number of ether oxygens (including phenoxy) is 2. The minimum absolute atomic E-state index is 0.0653. The minimum atomic E-state index is -0.810. The lowest BCUT2D eigenvalue weighted by atomic mass is 9.75. The first-order chi connectivity index (χ1) is 18.1. The van der Waals surface area contributed by atoms with Crippen molar-refractivity contribution in [2.45, 2.75) is 77.7 Å². The molecule has 1 aliphatic carbocycles. The lowest BCUT2D eigenvalue weighted by Gasteiger charge is -2.30. The molecule has 0 saturated heterocycles. The van der Waals surface area contributed by atoms with Gasteiger partial charge in [0.1, 0.15) is 23.9 Å². The third-order valence-electron chi connectivity index (χ3n) is 8.47. The van der Waals surface area contributed by atoms with Crippen LogP contribution in [-0.2, 0) is 16.8 Å². The summed E-state index contributed by atoms with van der Waals surface area (Å²) >= 11 is 0. The number of halogens is 1. The van der Waals surface area contributed by atoms with Crippen molar-refractivity contribution in [3.8, 4) is 22.6 Å². The molecular formula is C33H39FO4. The Hall–Kier alpha value is -3.34. The molecular weight excluding hydrogens is 479 g/mol. The molecule has 202 valence electrons. The number of benzene rings is 3. The average molecular weight is 519 g/mol. The van der Waals surface area contributed by atoms with Gasteiger partial charge in [-0.1, -0.05) is 64.4 Å². The summed E-state index contributed by atoms with van der Waals surface area (Å²) in [6, 6.07) is 18.8. The first-order valence-electron chi connectivity index (χ1n) is 13.5. The van der Waals surface area contributed by atoms with Gasteiger partial charge in [-0.15, -0.1) is 0 Å². The van der Waals surface area contributed by atoms with Gasteiger partial charge in [-0.2, -0.15) is 0 Å². The molecule has 1 aliphatic rings. The van der Waals surface area contributed by atoms with Gasteiger partial charge in [0.2, 0.25) is 0 Å².